The average molecular weight is 363 g/mol. The van der Waals surface area contributed by atoms with E-state index in [0.717, 1.165) is 0 Å². The number of nitro groups is 1. The van der Waals surface area contributed by atoms with Crippen molar-refractivity contribution in [3.05, 3.63) is 79.9 Å². The summed E-state index contributed by atoms with van der Waals surface area (Å²) < 4.78 is 1.52. The lowest BCUT2D eigenvalue weighted by atomic mass is 10.1. The molecular formula is C19H13N3O5. The van der Waals surface area contributed by atoms with E-state index in [-0.39, 0.29) is 16.8 Å². The monoisotopic (exact) mass is 363 g/mol. The second kappa shape index (κ2) is 6.17. The minimum atomic E-state index is -1.10. The standard InChI is InChI=1S/C19H13N3O5/c23-18-14-6-5-13(19(24)25)10-15(14)20-17-12(7-8-21(17)18)9-11-3-1-2-4-16(11)22(26)27/h1-6,9-10H,7-8H2,(H,24,25). The van der Waals surface area contributed by atoms with E-state index in [0.29, 0.717) is 40.8 Å². The summed E-state index contributed by atoms with van der Waals surface area (Å²) in [6.45, 7) is 0.421. The van der Waals surface area contributed by atoms with Crippen molar-refractivity contribution >= 4 is 34.2 Å². The summed E-state index contributed by atoms with van der Waals surface area (Å²) in [7, 11) is 0. The van der Waals surface area contributed by atoms with Crippen LogP contribution in [-0.2, 0) is 6.54 Å². The van der Waals surface area contributed by atoms with Crippen molar-refractivity contribution < 1.29 is 14.8 Å². The first-order valence-corrected chi connectivity index (χ1v) is 8.18. The fraction of sp³-hybridized carbons (Fsp3) is 0.105. The van der Waals surface area contributed by atoms with Gasteiger partial charge in [0, 0.05) is 12.6 Å². The van der Waals surface area contributed by atoms with E-state index in [1.165, 1.54) is 28.8 Å². The van der Waals surface area contributed by atoms with Gasteiger partial charge >= 0.3 is 5.97 Å². The Bertz CT molecular complexity index is 1210. The fourth-order valence-corrected chi connectivity index (χ4v) is 3.25. The van der Waals surface area contributed by atoms with Crippen LogP contribution in [0.4, 0.5) is 5.69 Å². The van der Waals surface area contributed by atoms with Crippen LogP contribution in [0.2, 0.25) is 0 Å². The first-order chi connectivity index (χ1) is 13.0. The first kappa shape index (κ1) is 16.6. The minimum absolute atomic E-state index is 0.0280. The van der Waals surface area contributed by atoms with Crippen LogP contribution in [0.15, 0.2) is 47.3 Å². The maximum Gasteiger partial charge on any atom is 0.335 e. The number of allylic oxidation sites excluding steroid dienone is 1. The Morgan fingerprint density at radius 1 is 1.26 bits per heavy atom. The highest BCUT2D eigenvalue weighted by atomic mass is 16.6. The lowest BCUT2D eigenvalue weighted by Gasteiger charge is -2.06. The highest BCUT2D eigenvalue weighted by Gasteiger charge is 2.22. The maximum atomic E-state index is 12.7. The topological polar surface area (TPSA) is 115 Å². The van der Waals surface area contributed by atoms with Gasteiger partial charge in [0.05, 0.1) is 27.0 Å². The molecule has 27 heavy (non-hydrogen) atoms. The van der Waals surface area contributed by atoms with Crippen LogP contribution in [0.1, 0.15) is 28.2 Å². The SMILES string of the molecule is O=C(O)c1ccc2c(=O)n3c(nc2c1)C(=Cc1ccccc1[N+](=O)[O-])CC3. The van der Waals surface area contributed by atoms with Gasteiger partial charge in [0.2, 0.25) is 0 Å². The number of carbonyl (C=O) groups is 1. The zero-order valence-electron chi connectivity index (χ0n) is 14.0. The lowest BCUT2D eigenvalue weighted by molar-refractivity contribution is -0.385. The number of nitro benzene ring substituents is 1. The van der Waals surface area contributed by atoms with Crippen molar-refractivity contribution in [2.75, 3.05) is 0 Å². The number of aromatic nitrogens is 2. The van der Waals surface area contributed by atoms with Crippen LogP contribution in [0.5, 0.6) is 0 Å². The Hall–Kier alpha value is -3.81. The van der Waals surface area contributed by atoms with Gasteiger partial charge in [-0.2, -0.15) is 0 Å². The Balaban J connectivity index is 1.91. The van der Waals surface area contributed by atoms with Crippen LogP contribution < -0.4 is 5.56 Å². The normalized spacial score (nSPS) is 14.4. The Morgan fingerprint density at radius 2 is 2.04 bits per heavy atom. The summed E-state index contributed by atoms with van der Waals surface area (Å²) in [5.41, 5.74) is 1.18. The Morgan fingerprint density at radius 3 is 2.78 bits per heavy atom. The van der Waals surface area contributed by atoms with E-state index in [4.69, 9.17) is 5.11 Å². The lowest BCUT2D eigenvalue weighted by Crippen LogP contribution is -2.21. The summed E-state index contributed by atoms with van der Waals surface area (Å²) in [5.74, 6) is -0.692. The summed E-state index contributed by atoms with van der Waals surface area (Å²) in [4.78, 5) is 39.1. The summed E-state index contributed by atoms with van der Waals surface area (Å²) in [6.07, 6.45) is 2.17. The van der Waals surface area contributed by atoms with Crippen molar-refractivity contribution in [3.8, 4) is 0 Å². The van der Waals surface area contributed by atoms with Crippen LogP contribution >= 0.6 is 0 Å². The molecule has 1 N–H and O–H groups in total. The summed E-state index contributed by atoms with van der Waals surface area (Å²) >= 11 is 0. The van der Waals surface area contributed by atoms with Crippen LogP contribution in [0.3, 0.4) is 0 Å². The summed E-state index contributed by atoms with van der Waals surface area (Å²) in [5, 5.41) is 20.7. The molecule has 134 valence electrons. The van der Waals surface area contributed by atoms with Crippen LogP contribution in [-0.4, -0.2) is 25.6 Å². The van der Waals surface area contributed by atoms with E-state index in [1.807, 2.05) is 0 Å². The van der Waals surface area contributed by atoms with Gasteiger partial charge in [-0.3, -0.25) is 19.5 Å². The van der Waals surface area contributed by atoms with Gasteiger partial charge in [0.15, 0.2) is 0 Å². The number of carboxylic acids is 1. The molecule has 4 rings (SSSR count). The quantitative estimate of drug-likeness (QED) is 0.565. The molecule has 0 spiro atoms. The maximum absolute atomic E-state index is 12.7. The zero-order chi connectivity index (χ0) is 19.1. The molecule has 1 aliphatic heterocycles. The van der Waals surface area contributed by atoms with Gasteiger partial charge in [-0.25, -0.2) is 9.78 Å². The summed E-state index contributed by atoms with van der Waals surface area (Å²) in [6, 6.07) is 10.5. The molecule has 0 bridgehead atoms. The largest absolute Gasteiger partial charge is 0.478 e. The molecule has 8 nitrogen and oxygen atoms in total. The molecule has 1 aromatic heterocycles. The number of nitrogens with zero attached hydrogens (tertiary/aromatic N) is 3. The average Bonchev–Trinajstić information content (AvgIpc) is 3.04. The van der Waals surface area contributed by atoms with Gasteiger partial charge in [-0.05, 0) is 42.3 Å². The molecule has 0 amide bonds. The number of benzene rings is 2. The smallest absolute Gasteiger partial charge is 0.335 e. The zero-order valence-corrected chi connectivity index (χ0v) is 14.0. The highest BCUT2D eigenvalue weighted by molar-refractivity contribution is 5.93. The number of aromatic carboxylic acids is 1. The van der Waals surface area contributed by atoms with E-state index in [9.17, 15) is 19.7 Å². The molecule has 2 aromatic carbocycles. The van der Waals surface area contributed by atoms with Gasteiger partial charge in [0.1, 0.15) is 5.82 Å². The van der Waals surface area contributed by atoms with Crippen LogP contribution in [0.25, 0.3) is 22.6 Å². The molecule has 0 radical (unpaired) electrons. The number of hydrogen-bond acceptors (Lipinski definition) is 5. The third-order valence-corrected chi connectivity index (χ3v) is 4.56. The molecule has 8 heteroatoms. The van der Waals surface area contributed by atoms with Crippen LogP contribution in [0, 0.1) is 10.1 Å². The second-order valence-corrected chi connectivity index (χ2v) is 6.16. The molecule has 3 aromatic rings. The van der Waals surface area contributed by atoms with Gasteiger partial charge in [-0.15, -0.1) is 0 Å². The predicted molar refractivity (Wildman–Crippen MR) is 98.5 cm³/mol. The number of hydrogen-bond donors (Lipinski definition) is 1. The third-order valence-electron chi connectivity index (χ3n) is 4.56. The fourth-order valence-electron chi connectivity index (χ4n) is 3.25. The molecule has 0 atom stereocenters. The van der Waals surface area contributed by atoms with Crippen molar-refractivity contribution in [2.24, 2.45) is 0 Å². The van der Waals surface area contributed by atoms with Gasteiger partial charge < -0.3 is 5.11 Å². The molecule has 2 heterocycles. The van der Waals surface area contributed by atoms with E-state index in [1.54, 1.807) is 24.3 Å². The van der Waals surface area contributed by atoms with Gasteiger partial charge in [-0.1, -0.05) is 12.1 Å². The number of rotatable bonds is 3. The van der Waals surface area contributed by atoms with E-state index >= 15 is 0 Å². The molecule has 0 saturated carbocycles. The van der Waals surface area contributed by atoms with E-state index < -0.39 is 10.9 Å². The predicted octanol–water partition coefficient (Wildman–Crippen LogP) is 2.95. The molecule has 0 unspecified atom stereocenters. The van der Waals surface area contributed by atoms with E-state index in [2.05, 4.69) is 4.98 Å². The number of para-hydroxylation sites is 1. The van der Waals surface area contributed by atoms with Crippen molar-refractivity contribution in [2.45, 2.75) is 13.0 Å². The van der Waals surface area contributed by atoms with Crippen molar-refractivity contribution in [1.82, 2.24) is 9.55 Å². The number of fused-ring (bicyclic) bond motifs is 2. The molecule has 0 aliphatic carbocycles. The molecule has 0 fully saturated rings. The molecule has 1 aliphatic rings. The highest BCUT2D eigenvalue weighted by Crippen LogP contribution is 2.30. The molecule has 0 saturated heterocycles. The number of carboxylic acid groups (broad SMARTS) is 1. The minimum Gasteiger partial charge on any atom is -0.478 e. The molecular weight excluding hydrogens is 350 g/mol. The van der Waals surface area contributed by atoms with Gasteiger partial charge in [0.25, 0.3) is 11.2 Å². The third kappa shape index (κ3) is 2.77. The Kier molecular flexibility index (Phi) is 3.80. The second-order valence-electron chi connectivity index (χ2n) is 6.16. The van der Waals surface area contributed by atoms with Crippen molar-refractivity contribution in [3.63, 3.8) is 0 Å². The van der Waals surface area contributed by atoms with Crippen molar-refractivity contribution in [1.29, 1.82) is 0 Å². The first-order valence-electron chi connectivity index (χ1n) is 8.18. The Labute approximate surface area is 152 Å².